The van der Waals surface area contributed by atoms with E-state index < -0.39 is 0 Å². The highest BCUT2D eigenvalue weighted by molar-refractivity contribution is 7.09. The van der Waals surface area contributed by atoms with Gasteiger partial charge in [0.05, 0.1) is 0 Å². The van der Waals surface area contributed by atoms with Crippen LogP contribution in [0.15, 0.2) is 17.5 Å². The molecule has 1 rings (SSSR count). The fourth-order valence-electron chi connectivity index (χ4n) is 1.38. The number of carbonyl (C=O) groups is 1. The van der Waals surface area contributed by atoms with Crippen molar-refractivity contribution in [1.29, 1.82) is 0 Å². The van der Waals surface area contributed by atoms with Crippen LogP contribution in [0.1, 0.15) is 18.2 Å². The lowest BCUT2D eigenvalue weighted by Gasteiger charge is -2.23. The number of likely N-dealkylation sites (N-methyl/N-ethyl adjacent to an activating group) is 1. The van der Waals surface area contributed by atoms with Gasteiger partial charge in [-0.2, -0.15) is 0 Å². The smallest absolute Gasteiger partial charge is 0.218 e. The fraction of sp³-hybridized carbons (Fsp3) is 0.545. The Bertz CT molecular complexity index is 298. The maximum absolute atomic E-state index is 10.6. The van der Waals surface area contributed by atoms with E-state index in [1.165, 1.54) is 4.88 Å². The monoisotopic (exact) mass is 226 g/mol. The predicted molar refractivity (Wildman–Crippen MR) is 63.9 cm³/mol. The second-order valence-electron chi connectivity index (χ2n) is 3.83. The summed E-state index contributed by atoms with van der Waals surface area (Å²) < 4.78 is 0. The first-order valence-corrected chi connectivity index (χ1v) is 5.98. The Hall–Kier alpha value is -0.870. The third kappa shape index (κ3) is 4.44. The number of carbonyl (C=O) groups excluding carboxylic acids is 1. The molecule has 0 saturated heterocycles. The first-order chi connectivity index (χ1) is 7.09. The van der Waals surface area contributed by atoms with Crippen molar-refractivity contribution in [3.8, 4) is 0 Å². The minimum absolute atomic E-state index is 0.231. The van der Waals surface area contributed by atoms with E-state index in [2.05, 4.69) is 29.3 Å². The molecule has 0 aliphatic carbocycles. The normalized spacial score (nSPS) is 13.0. The molecule has 0 bridgehead atoms. The summed E-state index contributed by atoms with van der Waals surface area (Å²) in [6, 6.07) is 4.65. The van der Waals surface area contributed by atoms with Crippen LogP contribution in [-0.2, 0) is 11.2 Å². The SMILES string of the molecule is CC(Cc1cccs1)N(C)CCC(N)=O. The summed E-state index contributed by atoms with van der Waals surface area (Å²) >= 11 is 1.77. The van der Waals surface area contributed by atoms with Gasteiger partial charge in [-0.15, -0.1) is 11.3 Å². The Morgan fingerprint density at radius 2 is 2.40 bits per heavy atom. The van der Waals surface area contributed by atoms with Gasteiger partial charge in [-0.25, -0.2) is 0 Å². The number of rotatable bonds is 6. The second kappa shape index (κ2) is 5.88. The zero-order chi connectivity index (χ0) is 11.3. The predicted octanol–water partition coefficient (Wildman–Crippen LogP) is 1.49. The van der Waals surface area contributed by atoms with Crippen molar-refractivity contribution in [1.82, 2.24) is 4.90 Å². The molecule has 1 aromatic heterocycles. The summed E-state index contributed by atoms with van der Waals surface area (Å²) in [5, 5.41) is 2.09. The van der Waals surface area contributed by atoms with Crippen LogP contribution in [0.25, 0.3) is 0 Å². The number of primary amides is 1. The van der Waals surface area contributed by atoms with Gasteiger partial charge in [0.2, 0.25) is 5.91 Å². The molecular weight excluding hydrogens is 208 g/mol. The van der Waals surface area contributed by atoms with E-state index in [0.29, 0.717) is 12.5 Å². The molecule has 1 heterocycles. The molecule has 84 valence electrons. The number of nitrogens with zero attached hydrogens (tertiary/aromatic N) is 1. The van der Waals surface area contributed by atoms with E-state index in [-0.39, 0.29) is 5.91 Å². The summed E-state index contributed by atoms with van der Waals surface area (Å²) in [5.41, 5.74) is 5.11. The molecule has 0 fully saturated rings. The third-order valence-corrected chi connectivity index (χ3v) is 3.44. The fourth-order valence-corrected chi connectivity index (χ4v) is 2.21. The summed E-state index contributed by atoms with van der Waals surface area (Å²) in [7, 11) is 2.03. The number of nitrogens with two attached hydrogens (primary N) is 1. The summed E-state index contributed by atoms with van der Waals surface area (Å²) in [6.45, 7) is 2.91. The van der Waals surface area contributed by atoms with Crippen LogP contribution in [0.2, 0.25) is 0 Å². The molecule has 1 amide bonds. The van der Waals surface area contributed by atoms with Crippen LogP contribution < -0.4 is 5.73 Å². The highest BCUT2D eigenvalue weighted by Crippen LogP contribution is 2.13. The molecule has 0 aliphatic heterocycles. The van der Waals surface area contributed by atoms with E-state index in [4.69, 9.17) is 5.73 Å². The molecule has 0 aliphatic rings. The van der Waals surface area contributed by atoms with E-state index in [1.807, 2.05) is 7.05 Å². The number of thiophene rings is 1. The average Bonchev–Trinajstić information content (AvgIpc) is 2.66. The number of hydrogen-bond donors (Lipinski definition) is 1. The Labute approximate surface area is 94.9 Å². The molecule has 0 aromatic carbocycles. The van der Waals surface area contributed by atoms with Crippen molar-refractivity contribution >= 4 is 17.2 Å². The molecular formula is C11H18N2OS. The Balaban J connectivity index is 2.33. The topological polar surface area (TPSA) is 46.3 Å². The van der Waals surface area contributed by atoms with Crippen LogP contribution in [-0.4, -0.2) is 30.4 Å². The van der Waals surface area contributed by atoms with Crippen LogP contribution in [0.3, 0.4) is 0 Å². The highest BCUT2D eigenvalue weighted by atomic mass is 32.1. The van der Waals surface area contributed by atoms with Gasteiger partial charge in [-0.1, -0.05) is 6.07 Å². The van der Waals surface area contributed by atoms with Gasteiger partial charge < -0.3 is 10.6 Å². The van der Waals surface area contributed by atoms with Crippen molar-refractivity contribution < 1.29 is 4.79 Å². The molecule has 1 aromatic rings. The molecule has 2 N–H and O–H groups in total. The van der Waals surface area contributed by atoms with E-state index in [0.717, 1.165) is 13.0 Å². The maximum Gasteiger partial charge on any atom is 0.218 e. The van der Waals surface area contributed by atoms with E-state index in [1.54, 1.807) is 11.3 Å². The summed E-state index contributed by atoms with van der Waals surface area (Å²) in [5.74, 6) is -0.231. The van der Waals surface area contributed by atoms with Gasteiger partial charge >= 0.3 is 0 Å². The second-order valence-corrected chi connectivity index (χ2v) is 4.86. The third-order valence-electron chi connectivity index (χ3n) is 2.54. The molecule has 0 spiro atoms. The lowest BCUT2D eigenvalue weighted by Crippen LogP contribution is -2.33. The van der Waals surface area contributed by atoms with Gasteiger partial charge in [0.15, 0.2) is 0 Å². The Morgan fingerprint density at radius 1 is 1.67 bits per heavy atom. The molecule has 4 heteroatoms. The lowest BCUT2D eigenvalue weighted by atomic mass is 10.2. The number of hydrogen-bond acceptors (Lipinski definition) is 3. The van der Waals surface area contributed by atoms with Crippen LogP contribution in [0, 0.1) is 0 Å². The minimum Gasteiger partial charge on any atom is -0.370 e. The molecule has 15 heavy (non-hydrogen) atoms. The highest BCUT2D eigenvalue weighted by Gasteiger charge is 2.10. The lowest BCUT2D eigenvalue weighted by molar-refractivity contribution is -0.118. The first-order valence-electron chi connectivity index (χ1n) is 5.10. The first kappa shape index (κ1) is 12.2. The van der Waals surface area contributed by atoms with Gasteiger partial charge in [-0.3, -0.25) is 4.79 Å². The molecule has 1 atom stereocenters. The molecule has 1 unspecified atom stereocenters. The zero-order valence-electron chi connectivity index (χ0n) is 9.27. The number of amides is 1. The van der Waals surface area contributed by atoms with Crippen LogP contribution in [0.4, 0.5) is 0 Å². The van der Waals surface area contributed by atoms with Gasteiger partial charge in [0, 0.05) is 23.9 Å². The Morgan fingerprint density at radius 3 is 2.93 bits per heavy atom. The van der Waals surface area contributed by atoms with Gasteiger partial charge in [0.1, 0.15) is 0 Å². The van der Waals surface area contributed by atoms with Crippen molar-refractivity contribution in [2.45, 2.75) is 25.8 Å². The van der Waals surface area contributed by atoms with E-state index >= 15 is 0 Å². The summed E-state index contributed by atoms with van der Waals surface area (Å²) in [4.78, 5) is 14.2. The van der Waals surface area contributed by atoms with Crippen molar-refractivity contribution in [2.24, 2.45) is 5.73 Å². The largest absolute Gasteiger partial charge is 0.370 e. The standard InChI is InChI=1S/C11H18N2OS/c1-9(8-10-4-3-7-15-10)13(2)6-5-11(12)14/h3-4,7,9H,5-6,8H2,1-2H3,(H2,12,14). The summed E-state index contributed by atoms with van der Waals surface area (Å²) in [6.07, 6.45) is 1.47. The van der Waals surface area contributed by atoms with Gasteiger partial charge in [0.25, 0.3) is 0 Å². The molecule has 3 nitrogen and oxygen atoms in total. The zero-order valence-corrected chi connectivity index (χ0v) is 10.1. The van der Waals surface area contributed by atoms with Gasteiger partial charge in [-0.05, 0) is 31.8 Å². The quantitative estimate of drug-likeness (QED) is 0.798. The van der Waals surface area contributed by atoms with E-state index in [9.17, 15) is 4.79 Å². The van der Waals surface area contributed by atoms with Crippen molar-refractivity contribution in [3.63, 3.8) is 0 Å². The Kier molecular flexibility index (Phi) is 4.78. The van der Waals surface area contributed by atoms with Crippen LogP contribution >= 0.6 is 11.3 Å². The van der Waals surface area contributed by atoms with Crippen molar-refractivity contribution in [2.75, 3.05) is 13.6 Å². The average molecular weight is 226 g/mol. The molecule has 0 saturated carbocycles. The minimum atomic E-state index is -0.231. The molecule has 0 radical (unpaired) electrons. The van der Waals surface area contributed by atoms with Crippen molar-refractivity contribution in [3.05, 3.63) is 22.4 Å². The van der Waals surface area contributed by atoms with Crippen LogP contribution in [0.5, 0.6) is 0 Å². The maximum atomic E-state index is 10.6.